The molecule has 1 aliphatic heterocycles. The molecule has 0 aliphatic carbocycles. The maximum atomic E-state index is 13.7. The van der Waals surface area contributed by atoms with E-state index >= 15 is 0 Å². The van der Waals surface area contributed by atoms with Gasteiger partial charge in [-0.1, -0.05) is 18.2 Å². The number of ether oxygens (including phenoxy) is 2. The number of hydrogen-bond acceptors (Lipinski definition) is 9. The minimum absolute atomic E-state index is 0.141. The SMILES string of the molecule is CC(C)OC(=O)[C@H](C)N[P@@](=O)(Oc1ccccc1)O[C@H](C)[C@H]1O[C@@H](n2cc(F)c(=O)[nH]c2=O)CC1O. The molecule has 14 heteroatoms. The highest BCUT2D eigenvalue weighted by molar-refractivity contribution is 7.52. The minimum Gasteiger partial charge on any atom is -0.462 e. The summed E-state index contributed by atoms with van der Waals surface area (Å²) in [4.78, 5) is 37.5. The molecular formula is C22H29FN3O9P. The highest BCUT2D eigenvalue weighted by Crippen LogP contribution is 2.47. The number of benzene rings is 1. The van der Waals surface area contributed by atoms with Gasteiger partial charge in [0.1, 0.15) is 24.1 Å². The molecule has 12 nitrogen and oxygen atoms in total. The number of rotatable bonds is 10. The van der Waals surface area contributed by atoms with Gasteiger partial charge in [0.15, 0.2) is 0 Å². The molecular weight excluding hydrogens is 500 g/mol. The maximum Gasteiger partial charge on any atom is 0.459 e. The van der Waals surface area contributed by atoms with E-state index in [1.807, 2.05) is 4.98 Å². The summed E-state index contributed by atoms with van der Waals surface area (Å²) < 4.78 is 50.3. The summed E-state index contributed by atoms with van der Waals surface area (Å²) in [6, 6.07) is 7.01. The fraction of sp³-hybridized carbons (Fsp3) is 0.500. The van der Waals surface area contributed by atoms with Crippen molar-refractivity contribution >= 4 is 13.7 Å². The van der Waals surface area contributed by atoms with Gasteiger partial charge in [-0.25, -0.2) is 9.36 Å². The van der Waals surface area contributed by atoms with E-state index in [4.69, 9.17) is 18.5 Å². The fourth-order valence-corrected chi connectivity index (χ4v) is 5.24. The van der Waals surface area contributed by atoms with Gasteiger partial charge in [-0.05, 0) is 39.8 Å². The normalized spacial score (nSPS) is 23.1. The Morgan fingerprint density at radius 1 is 1.25 bits per heavy atom. The van der Waals surface area contributed by atoms with Crippen LogP contribution in [0.1, 0.15) is 40.3 Å². The molecule has 1 saturated heterocycles. The molecule has 0 radical (unpaired) electrons. The Balaban J connectivity index is 1.79. The predicted octanol–water partition coefficient (Wildman–Crippen LogP) is 1.85. The van der Waals surface area contributed by atoms with Crippen LogP contribution in [0.4, 0.5) is 4.39 Å². The number of H-pyrrole nitrogens is 1. The first-order chi connectivity index (χ1) is 16.9. The number of hydrogen-bond donors (Lipinski definition) is 3. The molecule has 0 saturated carbocycles. The lowest BCUT2D eigenvalue weighted by atomic mass is 10.1. The lowest BCUT2D eigenvalue weighted by Gasteiger charge is -2.29. The first-order valence-corrected chi connectivity index (χ1v) is 12.8. The Kier molecular flexibility index (Phi) is 8.85. The van der Waals surface area contributed by atoms with Gasteiger partial charge >= 0.3 is 19.4 Å². The van der Waals surface area contributed by atoms with Gasteiger partial charge < -0.3 is 19.1 Å². The largest absolute Gasteiger partial charge is 0.462 e. The van der Waals surface area contributed by atoms with Crippen LogP contribution in [0.15, 0.2) is 46.1 Å². The van der Waals surface area contributed by atoms with Gasteiger partial charge in [0.25, 0.3) is 5.56 Å². The van der Waals surface area contributed by atoms with E-state index in [0.29, 0.717) is 6.20 Å². The van der Waals surface area contributed by atoms with Crippen LogP contribution in [0.5, 0.6) is 5.75 Å². The van der Waals surface area contributed by atoms with Crippen molar-refractivity contribution < 1.29 is 37.4 Å². The molecule has 3 N–H and O–H groups in total. The molecule has 1 aromatic carbocycles. The fourth-order valence-electron chi connectivity index (χ4n) is 3.55. The molecule has 198 valence electrons. The Morgan fingerprint density at radius 2 is 1.92 bits per heavy atom. The number of aliphatic hydroxyl groups excluding tert-OH is 1. The van der Waals surface area contributed by atoms with Crippen LogP contribution >= 0.6 is 7.75 Å². The molecule has 2 aromatic rings. The summed E-state index contributed by atoms with van der Waals surface area (Å²) in [5, 5.41) is 13.1. The first kappa shape index (κ1) is 27.8. The van der Waals surface area contributed by atoms with Gasteiger partial charge in [0.2, 0.25) is 5.82 Å². The Bertz CT molecular complexity index is 1220. The van der Waals surface area contributed by atoms with Crippen molar-refractivity contribution in [1.82, 2.24) is 14.6 Å². The van der Waals surface area contributed by atoms with Crippen LogP contribution in [-0.4, -0.2) is 51.1 Å². The van der Waals surface area contributed by atoms with Crippen molar-refractivity contribution in [2.75, 3.05) is 0 Å². The lowest BCUT2D eigenvalue weighted by Crippen LogP contribution is -2.40. The number of esters is 1. The number of nitrogens with zero attached hydrogens (tertiary/aromatic N) is 1. The number of para-hydroxylation sites is 1. The van der Waals surface area contributed by atoms with E-state index in [1.165, 1.54) is 26.0 Å². The van der Waals surface area contributed by atoms with E-state index < -0.39 is 67.5 Å². The number of aromatic amines is 1. The zero-order valence-corrected chi connectivity index (χ0v) is 21.0. The molecule has 0 spiro atoms. The molecule has 1 aliphatic rings. The van der Waals surface area contributed by atoms with Crippen molar-refractivity contribution in [3.05, 3.63) is 63.2 Å². The second-order valence-corrected chi connectivity index (χ2v) is 10.2. The van der Waals surface area contributed by atoms with E-state index in [1.54, 1.807) is 32.0 Å². The number of carbonyl (C=O) groups is 1. The van der Waals surface area contributed by atoms with Crippen LogP contribution < -0.4 is 20.9 Å². The van der Waals surface area contributed by atoms with E-state index in [0.717, 1.165) is 4.57 Å². The Labute approximate surface area is 205 Å². The van der Waals surface area contributed by atoms with Crippen LogP contribution in [0.25, 0.3) is 0 Å². The first-order valence-electron chi connectivity index (χ1n) is 11.2. The van der Waals surface area contributed by atoms with Crippen molar-refractivity contribution in [2.45, 2.75) is 70.8 Å². The third kappa shape index (κ3) is 6.89. The summed E-state index contributed by atoms with van der Waals surface area (Å²) in [7, 11) is -4.26. The molecule has 2 heterocycles. The molecule has 0 bridgehead atoms. The number of aliphatic hydroxyl groups is 1. The number of halogens is 1. The third-order valence-corrected chi connectivity index (χ3v) is 6.93. The number of aromatic nitrogens is 2. The van der Waals surface area contributed by atoms with Gasteiger partial charge in [0, 0.05) is 6.42 Å². The van der Waals surface area contributed by atoms with Crippen molar-refractivity contribution in [3.63, 3.8) is 0 Å². The zero-order chi connectivity index (χ0) is 26.6. The predicted molar refractivity (Wildman–Crippen MR) is 125 cm³/mol. The van der Waals surface area contributed by atoms with Crippen LogP contribution in [-0.2, 0) is 23.4 Å². The summed E-state index contributed by atoms with van der Waals surface area (Å²) in [5.41, 5.74) is -2.11. The Morgan fingerprint density at radius 3 is 2.56 bits per heavy atom. The highest BCUT2D eigenvalue weighted by Gasteiger charge is 2.43. The average Bonchev–Trinajstić information content (AvgIpc) is 3.17. The minimum atomic E-state index is -4.26. The van der Waals surface area contributed by atoms with Gasteiger partial charge in [0.05, 0.1) is 24.5 Å². The lowest BCUT2D eigenvalue weighted by molar-refractivity contribution is -0.149. The topological polar surface area (TPSA) is 158 Å². The summed E-state index contributed by atoms with van der Waals surface area (Å²) in [6.07, 6.45) is -4.42. The second-order valence-electron chi connectivity index (χ2n) is 8.55. The van der Waals surface area contributed by atoms with Crippen LogP contribution in [0.3, 0.4) is 0 Å². The number of carbonyl (C=O) groups excluding carboxylic acids is 1. The molecule has 1 fully saturated rings. The average molecular weight is 529 g/mol. The molecule has 1 aromatic heterocycles. The third-order valence-electron chi connectivity index (χ3n) is 5.16. The smallest absolute Gasteiger partial charge is 0.459 e. The quantitative estimate of drug-likeness (QED) is 0.306. The monoisotopic (exact) mass is 529 g/mol. The zero-order valence-electron chi connectivity index (χ0n) is 20.1. The molecule has 0 amide bonds. The number of nitrogens with one attached hydrogen (secondary N) is 2. The molecule has 3 rings (SSSR count). The second kappa shape index (κ2) is 11.5. The summed E-state index contributed by atoms with van der Waals surface area (Å²) in [5.74, 6) is -1.70. The molecule has 6 atom stereocenters. The van der Waals surface area contributed by atoms with Crippen molar-refractivity contribution in [1.29, 1.82) is 0 Å². The summed E-state index contributed by atoms with van der Waals surface area (Å²) >= 11 is 0. The highest BCUT2D eigenvalue weighted by atomic mass is 31.2. The molecule has 1 unspecified atom stereocenters. The van der Waals surface area contributed by atoms with E-state index in [-0.39, 0.29) is 12.2 Å². The summed E-state index contributed by atoms with van der Waals surface area (Å²) in [6.45, 7) is 6.20. The van der Waals surface area contributed by atoms with Crippen LogP contribution in [0.2, 0.25) is 0 Å². The Hall–Kier alpha value is -2.83. The van der Waals surface area contributed by atoms with Crippen LogP contribution in [0, 0.1) is 5.82 Å². The maximum absolute atomic E-state index is 13.7. The van der Waals surface area contributed by atoms with Crippen molar-refractivity contribution in [3.8, 4) is 5.75 Å². The van der Waals surface area contributed by atoms with Gasteiger partial charge in [-0.2, -0.15) is 9.48 Å². The molecule has 36 heavy (non-hydrogen) atoms. The van der Waals surface area contributed by atoms with Crippen molar-refractivity contribution in [2.24, 2.45) is 0 Å². The van der Waals surface area contributed by atoms with E-state index in [2.05, 4.69) is 5.09 Å². The standard InChI is InChI=1S/C22H29FN3O9P/c1-12(2)32-21(29)13(3)25-36(31,35-15-8-6-5-7-9-15)34-14(4)19-17(27)10-18(33-19)26-11-16(23)20(28)24-22(26)30/h5-9,11-14,17-19,27H,10H2,1-4H3,(H,25,31)(H,24,28,30)/t13-,14+,17?,18+,19+,36-/m0/s1. The van der Waals surface area contributed by atoms with Gasteiger partial charge in [-0.15, -0.1) is 0 Å². The van der Waals surface area contributed by atoms with Gasteiger partial charge in [-0.3, -0.25) is 23.7 Å². The van der Waals surface area contributed by atoms with E-state index in [9.17, 15) is 28.4 Å².